The second-order valence-electron chi connectivity index (χ2n) is 10.9. The van der Waals surface area contributed by atoms with Crippen molar-refractivity contribution in [3.05, 3.63) is 129 Å². The maximum atomic E-state index is 13.8. The Bertz CT molecular complexity index is 1820. The molecule has 234 valence electrons. The number of amides is 2. The van der Waals surface area contributed by atoms with Crippen LogP contribution in [-0.2, 0) is 24.3 Å². The number of ether oxygens (including phenoxy) is 1. The van der Waals surface area contributed by atoms with Gasteiger partial charge in [0.05, 0.1) is 41.6 Å². The molecule has 0 aliphatic carbocycles. The molecule has 5 aromatic rings. The van der Waals surface area contributed by atoms with E-state index in [4.69, 9.17) is 9.84 Å². The van der Waals surface area contributed by atoms with E-state index in [1.807, 2.05) is 46.3 Å². The number of hydrogen-bond acceptors (Lipinski definition) is 8. The molecule has 3 aromatic carbocycles. The fraction of sp³-hybridized carbons (Fsp3) is 0.229. The summed E-state index contributed by atoms with van der Waals surface area (Å²) in [4.78, 5) is 27.9. The Morgan fingerprint density at radius 2 is 1.76 bits per heavy atom. The smallest absolute Gasteiger partial charge is 0.255 e. The molecule has 0 bridgehead atoms. The zero-order valence-electron chi connectivity index (χ0n) is 25.6. The van der Waals surface area contributed by atoms with Crippen LogP contribution < -0.4 is 10.1 Å². The Balaban J connectivity index is 1.20. The van der Waals surface area contributed by atoms with Crippen LogP contribution in [0.15, 0.2) is 107 Å². The molecule has 0 saturated heterocycles. The van der Waals surface area contributed by atoms with E-state index < -0.39 is 0 Å². The molecule has 1 N–H and O–H groups in total. The Kier molecular flexibility index (Phi) is 9.90. The van der Waals surface area contributed by atoms with Crippen molar-refractivity contribution in [1.82, 2.24) is 25.1 Å². The molecule has 1 unspecified atom stereocenters. The van der Waals surface area contributed by atoms with Gasteiger partial charge in [0.1, 0.15) is 5.75 Å². The number of thiophene rings is 1. The van der Waals surface area contributed by atoms with Gasteiger partial charge in [0.25, 0.3) is 11.8 Å². The summed E-state index contributed by atoms with van der Waals surface area (Å²) < 4.78 is 7.34. The van der Waals surface area contributed by atoms with Crippen molar-refractivity contribution in [3.63, 3.8) is 0 Å². The van der Waals surface area contributed by atoms with Crippen LogP contribution in [-0.4, -0.2) is 50.2 Å². The molecule has 0 saturated carbocycles. The summed E-state index contributed by atoms with van der Waals surface area (Å²) in [5, 5.41) is 20.9. The van der Waals surface area contributed by atoms with Crippen molar-refractivity contribution in [1.29, 1.82) is 0 Å². The summed E-state index contributed by atoms with van der Waals surface area (Å²) in [5.41, 5.74) is 4.74. The number of aromatic nitrogens is 3. The van der Waals surface area contributed by atoms with Crippen LogP contribution in [0.5, 0.6) is 5.75 Å². The monoisotopic (exact) mass is 650 g/mol. The number of hydrogen-bond donors (Lipinski definition) is 1. The van der Waals surface area contributed by atoms with E-state index in [1.165, 1.54) is 30.0 Å². The van der Waals surface area contributed by atoms with Crippen LogP contribution in [0.4, 0.5) is 0 Å². The SMILES string of the molecule is COc1ccccc1C(=O)NCc1nnc(SCC(=O)N2N=C(c3cccs3)CC2c2ccc(C)cc2)n1CCc1ccccc1. The standard InChI is InChI=1S/C35H34N6O3S2/c1-24-14-16-26(17-15-24)29-21-28(31-13-8-20-45-31)39-41(29)33(42)23-46-35-38-37-32(40(35)19-18-25-9-4-3-5-10-25)22-36-34(43)27-11-6-7-12-30(27)44-2/h3-17,20,29H,18-19,21-23H2,1-2H3,(H,36,43). The Hall–Kier alpha value is -4.74. The minimum atomic E-state index is -0.268. The van der Waals surface area contributed by atoms with Crippen molar-refractivity contribution in [2.24, 2.45) is 5.10 Å². The molecule has 1 aliphatic heterocycles. The van der Waals surface area contributed by atoms with Crippen molar-refractivity contribution >= 4 is 40.6 Å². The first-order valence-corrected chi connectivity index (χ1v) is 16.9. The highest BCUT2D eigenvalue weighted by Gasteiger charge is 2.33. The van der Waals surface area contributed by atoms with Crippen molar-refractivity contribution < 1.29 is 14.3 Å². The molecule has 2 aromatic heterocycles. The molecule has 9 nitrogen and oxygen atoms in total. The summed E-state index contributed by atoms with van der Waals surface area (Å²) >= 11 is 2.96. The molecule has 3 heterocycles. The lowest BCUT2D eigenvalue weighted by molar-refractivity contribution is -0.130. The lowest BCUT2D eigenvalue weighted by Crippen LogP contribution is -2.28. The number of nitrogens with zero attached hydrogens (tertiary/aromatic N) is 5. The fourth-order valence-corrected chi connectivity index (χ4v) is 6.88. The van der Waals surface area contributed by atoms with E-state index in [0.29, 0.717) is 35.3 Å². The first-order chi connectivity index (χ1) is 22.5. The van der Waals surface area contributed by atoms with E-state index in [0.717, 1.165) is 22.6 Å². The normalized spacial score (nSPS) is 14.3. The molecule has 0 spiro atoms. The van der Waals surface area contributed by atoms with Crippen molar-refractivity contribution in [2.75, 3.05) is 12.9 Å². The van der Waals surface area contributed by atoms with Crippen molar-refractivity contribution in [2.45, 2.75) is 44.1 Å². The maximum Gasteiger partial charge on any atom is 0.255 e. The number of carbonyl (C=O) groups excluding carboxylic acids is 2. The molecule has 11 heteroatoms. The summed E-state index contributed by atoms with van der Waals surface area (Å²) in [7, 11) is 1.54. The Morgan fingerprint density at radius 3 is 2.52 bits per heavy atom. The van der Waals surface area contributed by atoms with Gasteiger partial charge in [0, 0.05) is 13.0 Å². The first kappa shape index (κ1) is 31.3. The predicted octanol–water partition coefficient (Wildman–Crippen LogP) is 6.30. The molecule has 0 fully saturated rings. The number of nitrogens with one attached hydrogen (secondary N) is 1. The molecule has 0 radical (unpaired) electrons. The first-order valence-electron chi connectivity index (χ1n) is 15.0. The molecular weight excluding hydrogens is 617 g/mol. The van der Waals surface area contributed by atoms with Crippen LogP contribution in [0.25, 0.3) is 0 Å². The second-order valence-corrected chi connectivity index (χ2v) is 12.7. The topological polar surface area (TPSA) is 102 Å². The fourth-order valence-electron chi connectivity index (χ4n) is 5.33. The lowest BCUT2D eigenvalue weighted by atomic mass is 10.00. The number of carbonyl (C=O) groups is 2. The summed E-state index contributed by atoms with van der Waals surface area (Å²) in [6, 6.07) is 29.4. The van der Waals surface area contributed by atoms with E-state index in [1.54, 1.807) is 34.5 Å². The van der Waals surface area contributed by atoms with E-state index in [2.05, 4.69) is 58.8 Å². The predicted molar refractivity (Wildman–Crippen MR) is 181 cm³/mol. The van der Waals surface area contributed by atoms with Crippen LogP contribution >= 0.6 is 23.1 Å². The largest absolute Gasteiger partial charge is 0.496 e. The van der Waals surface area contributed by atoms with Gasteiger partial charge in [-0.3, -0.25) is 9.59 Å². The quantitative estimate of drug-likeness (QED) is 0.159. The number of aryl methyl sites for hydroxylation is 2. The van der Waals surface area contributed by atoms with Gasteiger partial charge in [-0.25, -0.2) is 5.01 Å². The maximum absolute atomic E-state index is 13.8. The highest BCUT2D eigenvalue weighted by molar-refractivity contribution is 7.99. The van der Waals surface area contributed by atoms with Crippen LogP contribution in [0.3, 0.4) is 0 Å². The molecule has 2 amide bonds. The highest BCUT2D eigenvalue weighted by atomic mass is 32.2. The summed E-state index contributed by atoms with van der Waals surface area (Å²) in [6.07, 6.45) is 1.40. The number of para-hydroxylation sites is 1. The average Bonchev–Trinajstić information content (AvgIpc) is 3.86. The molecule has 1 atom stereocenters. The minimum absolute atomic E-state index is 0.106. The van der Waals surface area contributed by atoms with Crippen LogP contribution in [0.2, 0.25) is 0 Å². The number of methoxy groups -OCH3 is 1. The average molecular weight is 651 g/mol. The van der Waals surface area contributed by atoms with E-state index in [9.17, 15) is 9.59 Å². The van der Waals surface area contributed by atoms with Gasteiger partial charge in [0.15, 0.2) is 11.0 Å². The number of hydrazone groups is 1. The third-order valence-electron chi connectivity index (χ3n) is 7.78. The van der Waals surface area contributed by atoms with Gasteiger partial charge in [-0.05, 0) is 48.1 Å². The van der Waals surface area contributed by atoms with Gasteiger partial charge in [0.2, 0.25) is 0 Å². The molecular formula is C35H34N6O3S2. The zero-order valence-corrected chi connectivity index (χ0v) is 27.3. The van der Waals surface area contributed by atoms with Crippen molar-refractivity contribution in [3.8, 4) is 5.75 Å². The summed E-state index contributed by atoms with van der Waals surface area (Å²) in [6.45, 7) is 2.81. The number of thioether (sulfide) groups is 1. The Labute approximate surface area is 276 Å². The minimum Gasteiger partial charge on any atom is -0.496 e. The van der Waals surface area contributed by atoms with Gasteiger partial charge in [-0.15, -0.1) is 21.5 Å². The van der Waals surface area contributed by atoms with Gasteiger partial charge < -0.3 is 14.6 Å². The molecule has 6 rings (SSSR count). The third kappa shape index (κ3) is 7.21. The third-order valence-corrected chi connectivity index (χ3v) is 9.65. The zero-order chi connectivity index (χ0) is 31.9. The molecule has 46 heavy (non-hydrogen) atoms. The summed E-state index contributed by atoms with van der Waals surface area (Å²) in [5.74, 6) is 0.864. The number of rotatable bonds is 12. The second kappa shape index (κ2) is 14.6. The Morgan fingerprint density at radius 1 is 0.978 bits per heavy atom. The van der Waals surface area contributed by atoms with E-state index >= 15 is 0 Å². The van der Waals surface area contributed by atoms with Gasteiger partial charge >= 0.3 is 0 Å². The lowest BCUT2D eigenvalue weighted by Gasteiger charge is -2.22. The number of benzene rings is 3. The highest BCUT2D eigenvalue weighted by Crippen LogP contribution is 2.35. The molecule has 1 aliphatic rings. The van der Waals surface area contributed by atoms with E-state index in [-0.39, 0.29) is 30.2 Å². The van der Waals surface area contributed by atoms with Crippen LogP contribution in [0, 0.1) is 6.92 Å². The van der Waals surface area contributed by atoms with Crippen LogP contribution in [0.1, 0.15) is 50.2 Å². The van der Waals surface area contributed by atoms with Gasteiger partial charge in [-0.2, -0.15) is 5.10 Å². The van der Waals surface area contributed by atoms with Gasteiger partial charge in [-0.1, -0.05) is 90.1 Å².